The Labute approximate surface area is 107 Å². The molecule has 0 saturated heterocycles. The van der Waals surface area contributed by atoms with Gasteiger partial charge in [-0.15, -0.1) is 0 Å². The van der Waals surface area contributed by atoms with Crippen LogP contribution in [0.4, 0.5) is 0 Å². The molecule has 17 heavy (non-hydrogen) atoms. The number of nitrogens with one attached hydrogen (secondary N) is 1. The van der Waals surface area contributed by atoms with Crippen LogP contribution in [0.25, 0.3) is 0 Å². The fourth-order valence-electron chi connectivity index (χ4n) is 3.90. The van der Waals surface area contributed by atoms with Gasteiger partial charge in [-0.3, -0.25) is 0 Å². The van der Waals surface area contributed by atoms with Crippen molar-refractivity contribution < 1.29 is 4.74 Å². The highest BCUT2D eigenvalue weighted by Crippen LogP contribution is 2.49. The van der Waals surface area contributed by atoms with Gasteiger partial charge in [0.05, 0.1) is 6.61 Å². The molecule has 0 radical (unpaired) electrons. The van der Waals surface area contributed by atoms with Crippen LogP contribution in [0.1, 0.15) is 52.4 Å². The maximum absolute atomic E-state index is 5.73. The Hall–Kier alpha value is -0.0800. The molecule has 4 unspecified atom stereocenters. The molecule has 0 aromatic carbocycles. The summed E-state index contributed by atoms with van der Waals surface area (Å²) in [4.78, 5) is 0. The maximum Gasteiger partial charge on any atom is 0.0619 e. The van der Waals surface area contributed by atoms with Crippen LogP contribution in [0.5, 0.6) is 0 Å². The van der Waals surface area contributed by atoms with E-state index in [0.29, 0.717) is 6.04 Å². The second-order valence-electron chi connectivity index (χ2n) is 6.00. The van der Waals surface area contributed by atoms with Gasteiger partial charge < -0.3 is 10.1 Å². The average molecular weight is 239 g/mol. The highest BCUT2D eigenvalue weighted by Gasteiger charge is 2.39. The van der Waals surface area contributed by atoms with E-state index < -0.39 is 0 Å². The third kappa shape index (κ3) is 3.69. The Morgan fingerprint density at radius 3 is 2.71 bits per heavy atom. The van der Waals surface area contributed by atoms with Crippen LogP contribution in [0, 0.1) is 17.8 Å². The number of hydrogen-bond donors (Lipinski definition) is 1. The number of likely N-dealkylation sites (N-methyl/N-ethyl adjacent to an activating group) is 1. The predicted molar refractivity (Wildman–Crippen MR) is 72.1 cm³/mol. The molecule has 2 aliphatic rings. The van der Waals surface area contributed by atoms with Crippen molar-refractivity contribution >= 4 is 0 Å². The molecule has 0 spiro atoms. The Morgan fingerprint density at radius 1 is 1.24 bits per heavy atom. The van der Waals surface area contributed by atoms with E-state index in [2.05, 4.69) is 19.2 Å². The minimum absolute atomic E-state index is 0.593. The van der Waals surface area contributed by atoms with E-state index in [1.165, 1.54) is 32.1 Å². The van der Waals surface area contributed by atoms with E-state index >= 15 is 0 Å². The van der Waals surface area contributed by atoms with E-state index in [9.17, 15) is 0 Å². The summed E-state index contributed by atoms with van der Waals surface area (Å²) in [5, 5.41) is 3.60. The van der Waals surface area contributed by atoms with Crippen molar-refractivity contribution in [3.05, 3.63) is 0 Å². The van der Waals surface area contributed by atoms with Crippen LogP contribution < -0.4 is 5.32 Å². The number of rotatable bonds is 8. The molecule has 4 atom stereocenters. The Morgan fingerprint density at radius 2 is 2.12 bits per heavy atom. The molecule has 2 rings (SSSR count). The number of fused-ring (bicyclic) bond motifs is 2. The summed E-state index contributed by atoms with van der Waals surface area (Å²) in [6, 6.07) is 0.593. The zero-order valence-corrected chi connectivity index (χ0v) is 11.6. The lowest BCUT2D eigenvalue weighted by Gasteiger charge is -2.27. The summed E-state index contributed by atoms with van der Waals surface area (Å²) in [7, 11) is 0. The van der Waals surface area contributed by atoms with Crippen molar-refractivity contribution in [3.63, 3.8) is 0 Å². The van der Waals surface area contributed by atoms with Crippen LogP contribution in [0.2, 0.25) is 0 Å². The summed E-state index contributed by atoms with van der Waals surface area (Å²) in [6.07, 6.45) is 8.52. The van der Waals surface area contributed by atoms with Gasteiger partial charge in [0.2, 0.25) is 0 Å². The molecule has 2 bridgehead atoms. The van der Waals surface area contributed by atoms with Crippen LogP contribution in [0.15, 0.2) is 0 Å². The number of ether oxygens (including phenoxy) is 1. The summed E-state index contributed by atoms with van der Waals surface area (Å²) < 4.78 is 5.73. The fraction of sp³-hybridized carbons (Fsp3) is 1.00. The highest BCUT2D eigenvalue weighted by molar-refractivity contribution is 4.91. The van der Waals surface area contributed by atoms with E-state index in [-0.39, 0.29) is 0 Å². The molecule has 0 aromatic heterocycles. The molecule has 0 amide bonds. The first-order chi connectivity index (χ1) is 8.33. The van der Waals surface area contributed by atoms with Gasteiger partial charge in [-0.1, -0.05) is 20.3 Å². The Bertz CT molecular complexity index is 219. The normalized spacial score (nSPS) is 33.2. The van der Waals surface area contributed by atoms with Crippen LogP contribution in [-0.2, 0) is 4.74 Å². The average Bonchev–Trinajstić information content (AvgIpc) is 2.91. The molecule has 2 nitrogen and oxygen atoms in total. The van der Waals surface area contributed by atoms with Crippen molar-refractivity contribution in [1.82, 2.24) is 5.32 Å². The summed E-state index contributed by atoms with van der Waals surface area (Å²) in [6.45, 7) is 7.28. The lowest BCUT2D eigenvalue weighted by molar-refractivity contribution is 0.0998. The minimum atomic E-state index is 0.593. The predicted octanol–water partition coefficient (Wildman–Crippen LogP) is 3.22. The summed E-state index contributed by atoms with van der Waals surface area (Å²) in [5.74, 6) is 3.11. The second kappa shape index (κ2) is 6.75. The molecule has 2 aliphatic carbocycles. The van der Waals surface area contributed by atoms with E-state index in [1.54, 1.807) is 0 Å². The molecular weight excluding hydrogens is 210 g/mol. The third-order valence-corrected chi connectivity index (χ3v) is 4.63. The van der Waals surface area contributed by atoms with Crippen molar-refractivity contribution in [2.75, 3.05) is 19.8 Å². The van der Waals surface area contributed by atoms with Crippen LogP contribution in [0.3, 0.4) is 0 Å². The van der Waals surface area contributed by atoms with Gasteiger partial charge in [0.1, 0.15) is 0 Å². The highest BCUT2D eigenvalue weighted by atomic mass is 16.5. The quantitative estimate of drug-likeness (QED) is 0.657. The van der Waals surface area contributed by atoms with Gasteiger partial charge >= 0.3 is 0 Å². The minimum Gasteiger partial charge on any atom is -0.380 e. The number of hydrogen-bond acceptors (Lipinski definition) is 2. The van der Waals surface area contributed by atoms with E-state index in [1.807, 2.05) is 0 Å². The van der Waals surface area contributed by atoms with Gasteiger partial charge in [-0.05, 0) is 56.4 Å². The van der Waals surface area contributed by atoms with Crippen LogP contribution in [-0.4, -0.2) is 25.8 Å². The standard InChI is InChI=1S/C15H29NO/c1-3-7-17-11-15(16-4-2)10-14-9-12-5-6-13(14)8-12/h12-16H,3-11H2,1-2H3. The molecule has 0 aromatic rings. The smallest absolute Gasteiger partial charge is 0.0619 e. The summed E-state index contributed by atoms with van der Waals surface area (Å²) in [5.41, 5.74) is 0. The van der Waals surface area contributed by atoms with Gasteiger partial charge in [0.25, 0.3) is 0 Å². The monoisotopic (exact) mass is 239 g/mol. The van der Waals surface area contributed by atoms with E-state index in [0.717, 1.165) is 43.9 Å². The first-order valence-electron chi connectivity index (χ1n) is 7.64. The molecule has 2 saturated carbocycles. The van der Waals surface area contributed by atoms with Crippen molar-refractivity contribution in [1.29, 1.82) is 0 Å². The molecule has 2 fully saturated rings. The van der Waals surface area contributed by atoms with Crippen LogP contribution >= 0.6 is 0 Å². The molecule has 0 aliphatic heterocycles. The lowest BCUT2D eigenvalue weighted by Crippen LogP contribution is -2.36. The molecule has 0 heterocycles. The maximum atomic E-state index is 5.73. The third-order valence-electron chi connectivity index (χ3n) is 4.63. The molecule has 1 N–H and O–H groups in total. The van der Waals surface area contributed by atoms with Crippen molar-refractivity contribution in [3.8, 4) is 0 Å². The van der Waals surface area contributed by atoms with Crippen molar-refractivity contribution in [2.45, 2.75) is 58.4 Å². The molecule has 100 valence electrons. The van der Waals surface area contributed by atoms with Gasteiger partial charge in [0.15, 0.2) is 0 Å². The van der Waals surface area contributed by atoms with Gasteiger partial charge in [-0.2, -0.15) is 0 Å². The Balaban J connectivity index is 1.72. The SMILES string of the molecule is CCCOCC(CC1CC2CCC1C2)NCC. The Kier molecular flexibility index (Phi) is 5.30. The van der Waals surface area contributed by atoms with Gasteiger partial charge in [-0.25, -0.2) is 0 Å². The molecular formula is C15H29NO. The largest absolute Gasteiger partial charge is 0.380 e. The summed E-state index contributed by atoms with van der Waals surface area (Å²) >= 11 is 0. The zero-order valence-electron chi connectivity index (χ0n) is 11.6. The lowest BCUT2D eigenvalue weighted by atomic mass is 9.84. The molecule has 2 heteroatoms. The first-order valence-corrected chi connectivity index (χ1v) is 7.64. The topological polar surface area (TPSA) is 21.3 Å². The first kappa shape index (κ1) is 13.4. The van der Waals surface area contributed by atoms with E-state index in [4.69, 9.17) is 4.74 Å². The van der Waals surface area contributed by atoms with Crippen molar-refractivity contribution in [2.24, 2.45) is 17.8 Å². The zero-order chi connectivity index (χ0) is 12.1. The second-order valence-corrected chi connectivity index (χ2v) is 6.00. The fourth-order valence-corrected chi connectivity index (χ4v) is 3.90. The van der Waals surface area contributed by atoms with Gasteiger partial charge in [0, 0.05) is 12.6 Å².